The molecule has 5 nitrogen and oxygen atoms in total. The Kier molecular flexibility index (Phi) is 7.18. The standard InChI is InChI=1S/C57H32N4O/c58-32-34-14-12-23-39(51(34)52-40-20-4-5-21-41(40)53-46(52)29-28-44-43-24-13-15-35(33-59)56(43)62-57(44)53)37-18-6-10-26-48(37)61-49-27-11-8-22-45(49)54-50(61)31-30-42-38-19-7-9-25-47(38)60(55(42)54)36-16-2-1-3-17-36/h1-10,13-22,24-26,28-31,52H,12,23H2. The van der Waals surface area contributed by atoms with Gasteiger partial charge in [-0.1, -0.05) is 121 Å². The van der Waals surface area contributed by atoms with Gasteiger partial charge in [-0.3, -0.25) is 0 Å². The normalized spacial score (nSPS) is 14.7. The molecule has 3 heterocycles. The van der Waals surface area contributed by atoms with Crippen molar-refractivity contribution in [3.05, 3.63) is 209 Å². The minimum atomic E-state index is -0.220. The Morgan fingerprint density at radius 3 is 2.26 bits per heavy atom. The fourth-order valence-corrected chi connectivity index (χ4v) is 10.8. The molecule has 3 aromatic heterocycles. The molecule has 0 amide bonds. The Labute approximate surface area is 356 Å². The highest BCUT2D eigenvalue weighted by molar-refractivity contribution is 6.26. The Morgan fingerprint density at radius 1 is 0.597 bits per heavy atom. The van der Waals surface area contributed by atoms with Crippen molar-refractivity contribution in [1.82, 2.24) is 9.13 Å². The van der Waals surface area contributed by atoms with Gasteiger partial charge in [0.15, 0.2) is 5.58 Å². The van der Waals surface area contributed by atoms with Crippen molar-refractivity contribution >= 4 is 71.1 Å². The monoisotopic (exact) mass is 788 g/mol. The van der Waals surface area contributed by atoms with Crippen molar-refractivity contribution in [3.63, 3.8) is 0 Å². The summed E-state index contributed by atoms with van der Waals surface area (Å²) in [5.74, 6) is -0.220. The van der Waals surface area contributed by atoms with E-state index in [4.69, 9.17) is 4.42 Å². The zero-order valence-electron chi connectivity index (χ0n) is 33.3. The van der Waals surface area contributed by atoms with Gasteiger partial charge < -0.3 is 13.6 Å². The third-order valence-corrected chi connectivity index (χ3v) is 13.3. The van der Waals surface area contributed by atoms with Crippen LogP contribution in [-0.2, 0) is 0 Å². The van der Waals surface area contributed by atoms with Gasteiger partial charge in [0.05, 0.1) is 39.4 Å². The molecular weight excluding hydrogens is 757 g/mol. The molecule has 5 heteroatoms. The van der Waals surface area contributed by atoms with Crippen LogP contribution in [-0.4, -0.2) is 9.13 Å². The van der Waals surface area contributed by atoms with Crippen molar-refractivity contribution < 1.29 is 4.42 Å². The number of nitriles is 2. The number of allylic oxidation sites excluding steroid dienone is 4. The van der Waals surface area contributed by atoms with Gasteiger partial charge in [-0.25, -0.2) is 0 Å². The zero-order chi connectivity index (χ0) is 41.1. The number of hydrogen-bond acceptors (Lipinski definition) is 3. The van der Waals surface area contributed by atoms with Crippen molar-refractivity contribution in [2.75, 3.05) is 0 Å². The summed E-state index contributed by atoms with van der Waals surface area (Å²) in [5, 5.41) is 27.6. The van der Waals surface area contributed by atoms with Crippen LogP contribution in [0, 0.1) is 34.8 Å². The highest BCUT2D eigenvalue weighted by Crippen LogP contribution is 2.56. The van der Waals surface area contributed by atoms with E-state index in [2.05, 4.69) is 173 Å². The number of aromatic nitrogens is 2. The fourth-order valence-electron chi connectivity index (χ4n) is 10.8. The molecule has 286 valence electrons. The predicted molar refractivity (Wildman–Crippen MR) is 248 cm³/mol. The summed E-state index contributed by atoms with van der Waals surface area (Å²) in [6.07, 6.45) is 3.63. The number of furan rings is 1. The minimum Gasteiger partial charge on any atom is -0.454 e. The van der Waals surface area contributed by atoms with E-state index in [9.17, 15) is 10.5 Å². The molecule has 0 radical (unpaired) electrons. The number of nitrogens with zero attached hydrogens (tertiary/aromatic N) is 4. The Bertz CT molecular complexity index is 3900. The van der Waals surface area contributed by atoms with E-state index in [1.807, 2.05) is 18.2 Å². The van der Waals surface area contributed by atoms with Crippen LogP contribution < -0.4 is 0 Å². The molecule has 2 aliphatic rings. The number of hydrogen-bond donors (Lipinski definition) is 0. The van der Waals surface area contributed by atoms with E-state index in [1.54, 1.807) is 6.07 Å². The second-order valence-electron chi connectivity index (χ2n) is 16.2. The third-order valence-electron chi connectivity index (χ3n) is 13.3. The van der Waals surface area contributed by atoms with Gasteiger partial charge in [0, 0.05) is 55.0 Å². The largest absolute Gasteiger partial charge is 0.454 e. The van der Waals surface area contributed by atoms with Crippen LogP contribution in [0.2, 0.25) is 0 Å². The predicted octanol–water partition coefficient (Wildman–Crippen LogP) is 14.1. The topological polar surface area (TPSA) is 70.6 Å². The molecule has 0 bridgehead atoms. The first-order valence-corrected chi connectivity index (χ1v) is 21.0. The summed E-state index contributed by atoms with van der Waals surface area (Å²) in [5.41, 5.74) is 16.6. The molecule has 1 atom stereocenters. The zero-order valence-corrected chi connectivity index (χ0v) is 33.3. The molecule has 8 aromatic carbocycles. The first-order chi connectivity index (χ1) is 30.7. The van der Waals surface area contributed by atoms with Crippen LogP contribution in [0.25, 0.3) is 93.6 Å². The van der Waals surface area contributed by atoms with Crippen LogP contribution in [0.4, 0.5) is 0 Å². The lowest BCUT2D eigenvalue weighted by Crippen LogP contribution is -2.11. The second kappa shape index (κ2) is 13.0. The van der Waals surface area contributed by atoms with E-state index in [0.29, 0.717) is 16.7 Å². The van der Waals surface area contributed by atoms with Gasteiger partial charge >= 0.3 is 0 Å². The number of para-hydroxylation sites is 4. The average Bonchev–Trinajstić information content (AvgIpc) is 4.08. The van der Waals surface area contributed by atoms with Crippen LogP contribution in [0.15, 0.2) is 179 Å². The van der Waals surface area contributed by atoms with Crippen LogP contribution in [0.5, 0.6) is 0 Å². The second-order valence-corrected chi connectivity index (χ2v) is 16.2. The smallest absolute Gasteiger partial charge is 0.153 e. The molecule has 1 unspecified atom stereocenters. The van der Waals surface area contributed by atoms with Gasteiger partial charge in [-0.05, 0) is 95.3 Å². The van der Waals surface area contributed by atoms with Gasteiger partial charge in [0.1, 0.15) is 17.2 Å². The van der Waals surface area contributed by atoms with Crippen molar-refractivity contribution in [3.8, 4) is 34.6 Å². The van der Waals surface area contributed by atoms with E-state index < -0.39 is 0 Å². The first-order valence-electron chi connectivity index (χ1n) is 21.0. The summed E-state index contributed by atoms with van der Waals surface area (Å²) >= 11 is 0. The Hall–Kier alpha value is -8.56. The van der Waals surface area contributed by atoms with Crippen molar-refractivity contribution in [2.45, 2.75) is 18.8 Å². The highest BCUT2D eigenvalue weighted by Gasteiger charge is 2.38. The number of rotatable bonds is 4. The molecule has 2 aliphatic carbocycles. The van der Waals surface area contributed by atoms with Crippen LogP contribution in [0.1, 0.15) is 41.0 Å². The van der Waals surface area contributed by atoms with Gasteiger partial charge in [0.25, 0.3) is 0 Å². The molecule has 11 aromatic rings. The summed E-state index contributed by atoms with van der Waals surface area (Å²) in [6.45, 7) is 0. The molecule has 0 saturated carbocycles. The number of benzene rings is 7. The van der Waals surface area contributed by atoms with Gasteiger partial charge in [-0.2, -0.15) is 10.5 Å². The maximum atomic E-state index is 11.0. The minimum absolute atomic E-state index is 0.220. The summed E-state index contributed by atoms with van der Waals surface area (Å²) in [7, 11) is 0. The van der Waals surface area contributed by atoms with Crippen LogP contribution >= 0.6 is 0 Å². The molecule has 0 saturated heterocycles. The van der Waals surface area contributed by atoms with Gasteiger partial charge in [-0.15, -0.1) is 0 Å². The van der Waals surface area contributed by atoms with E-state index >= 15 is 0 Å². The van der Waals surface area contributed by atoms with E-state index in [0.717, 1.165) is 112 Å². The van der Waals surface area contributed by atoms with Crippen molar-refractivity contribution in [2.24, 2.45) is 0 Å². The summed E-state index contributed by atoms with van der Waals surface area (Å²) in [4.78, 5) is 0. The van der Waals surface area contributed by atoms with Crippen molar-refractivity contribution in [1.29, 1.82) is 10.5 Å². The van der Waals surface area contributed by atoms with E-state index in [-0.39, 0.29) is 5.92 Å². The van der Waals surface area contributed by atoms with E-state index in [1.165, 1.54) is 10.8 Å². The van der Waals surface area contributed by atoms with Gasteiger partial charge in [0.2, 0.25) is 0 Å². The lowest BCUT2D eigenvalue weighted by Gasteiger charge is -2.27. The van der Waals surface area contributed by atoms with Crippen LogP contribution in [0.3, 0.4) is 0 Å². The lowest BCUT2D eigenvalue weighted by atomic mass is 9.76. The summed E-state index contributed by atoms with van der Waals surface area (Å²) < 4.78 is 11.4. The summed E-state index contributed by atoms with van der Waals surface area (Å²) in [6, 6.07) is 67.1. The first kappa shape index (κ1) is 34.3. The molecule has 13 rings (SSSR count). The molecule has 0 aliphatic heterocycles. The number of fused-ring (bicyclic) bond motifs is 14. The molecule has 0 fully saturated rings. The molecule has 0 N–H and O–H groups in total. The Balaban J connectivity index is 1.10. The Morgan fingerprint density at radius 2 is 1.37 bits per heavy atom. The molecule has 62 heavy (non-hydrogen) atoms. The maximum absolute atomic E-state index is 11.0. The maximum Gasteiger partial charge on any atom is 0.153 e. The fraction of sp³-hybridized carbons (Fsp3) is 0.0526. The quantitative estimate of drug-likeness (QED) is 0.178. The SMILES string of the molecule is N#CC1=CCCC(c2ccccc2-n2c3c#cccc3c3c2ccc2c4ccccc4n(-c4ccccc4)c23)=C1C1c2ccccc2-c2c1ccc1c2oc2c(C#N)cccc21. The highest BCUT2D eigenvalue weighted by atomic mass is 16.3. The molecule has 0 spiro atoms. The lowest BCUT2D eigenvalue weighted by molar-refractivity contribution is 0.668. The molecular formula is C57H32N4O. The third kappa shape index (κ3) is 4.56. The average molecular weight is 789 g/mol.